The van der Waals surface area contributed by atoms with E-state index in [-0.39, 0.29) is 33.8 Å². The molecule has 0 aromatic heterocycles. The molecule has 9 heteroatoms. The molecule has 2 rings (SSSR count). The molecular weight excluding hydrogens is 371 g/mol. The zero-order valence-electron chi connectivity index (χ0n) is 13.6. The quantitative estimate of drug-likeness (QED) is 0.521. The number of rotatable bonds is 5. The number of amides is 1. The minimum Gasteiger partial charge on any atom is -0.403 e. The van der Waals surface area contributed by atoms with E-state index in [1.165, 1.54) is 30.3 Å². The Morgan fingerprint density at radius 3 is 2.54 bits per heavy atom. The second-order valence-electron chi connectivity index (χ2n) is 5.24. The van der Waals surface area contributed by atoms with Crippen molar-refractivity contribution < 1.29 is 22.7 Å². The lowest BCUT2D eigenvalue weighted by molar-refractivity contribution is -0.274. The molecule has 0 unspecified atom stereocenters. The van der Waals surface area contributed by atoms with E-state index < -0.39 is 23.9 Å². The van der Waals surface area contributed by atoms with Gasteiger partial charge >= 0.3 is 6.36 Å². The minimum atomic E-state index is -5.02. The summed E-state index contributed by atoms with van der Waals surface area (Å²) >= 11 is 5.94. The maximum atomic E-state index is 13.0. The molecule has 4 N–H and O–H groups in total. The van der Waals surface area contributed by atoms with E-state index in [0.717, 1.165) is 0 Å². The first-order valence-electron chi connectivity index (χ1n) is 7.45. The number of amidine groups is 1. The van der Waals surface area contributed by atoms with Gasteiger partial charge in [-0.15, -0.1) is 13.2 Å². The first-order chi connectivity index (χ1) is 12.1. The Labute approximate surface area is 152 Å². The zero-order chi connectivity index (χ0) is 19.5. The Morgan fingerprint density at radius 2 is 2.00 bits per heavy atom. The topological polar surface area (TPSA) is 88.2 Å². The Balaban J connectivity index is 2.79. The predicted octanol–water partition coefficient (Wildman–Crippen LogP) is 4.54. The van der Waals surface area contributed by atoms with Crippen molar-refractivity contribution in [3.05, 3.63) is 47.0 Å². The van der Waals surface area contributed by atoms with E-state index in [1.54, 1.807) is 13.0 Å². The van der Waals surface area contributed by atoms with Crippen molar-refractivity contribution in [3.63, 3.8) is 0 Å². The standard InChI is InChI=1S/C17H15ClF3N3O2/c1-2-13(25)24-12-7-6-11(16(22)23)14(15(12)26-17(19,20)21)9-4-3-5-10(18)8-9/h3-8H,2H2,1H3,(H3,22,23)(H,24,25). The fourth-order valence-corrected chi connectivity index (χ4v) is 2.49. The third-order valence-electron chi connectivity index (χ3n) is 3.37. The van der Waals surface area contributed by atoms with E-state index in [4.69, 9.17) is 22.7 Å². The molecule has 0 aliphatic carbocycles. The lowest BCUT2D eigenvalue weighted by Gasteiger charge is -2.20. The number of anilines is 1. The van der Waals surface area contributed by atoms with E-state index in [2.05, 4.69) is 10.1 Å². The monoisotopic (exact) mass is 385 g/mol. The van der Waals surface area contributed by atoms with E-state index >= 15 is 0 Å². The van der Waals surface area contributed by atoms with Crippen molar-refractivity contribution in [1.82, 2.24) is 0 Å². The molecule has 0 spiro atoms. The van der Waals surface area contributed by atoms with Gasteiger partial charge in [0.2, 0.25) is 5.91 Å². The molecule has 0 radical (unpaired) electrons. The number of carbonyl (C=O) groups is 1. The normalized spacial score (nSPS) is 11.1. The highest BCUT2D eigenvalue weighted by Gasteiger charge is 2.34. The molecule has 0 saturated carbocycles. The lowest BCUT2D eigenvalue weighted by Crippen LogP contribution is -2.22. The van der Waals surface area contributed by atoms with Gasteiger partial charge in [0.1, 0.15) is 5.84 Å². The second kappa shape index (κ2) is 7.65. The van der Waals surface area contributed by atoms with Crippen LogP contribution in [-0.4, -0.2) is 18.1 Å². The number of alkyl halides is 3. The molecule has 0 aliphatic rings. The van der Waals surface area contributed by atoms with Crippen LogP contribution in [0.4, 0.5) is 18.9 Å². The molecular formula is C17H15ClF3N3O2. The average Bonchev–Trinajstić information content (AvgIpc) is 2.54. The van der Waals surface area contributed by atoms with Gasteiger partial charge in [-0.05, 0) is 29.8 Å². The summed E-state index contributed by atoms with van der Waals surface area (Å²) in [6.45, 7) is 1.56. The van der Waals surface area contributed by atoms with E-state index in [1.807, 2.05) is 0 Å². The first kappa shape index (κ1) is 19.6. The highest BCUT2D eigenvalue weighted by Crippen LogP contribution is 2.42. The van der Waals surface area contributed by atoms with Crippen molar-refractivity contribution in [2.45, 2.75) is 19.7 Å². The van der Waals surface area contributed by atoms with Crippen LogP contribution >= 0.6 is 11.6 Å². The Hall–Kier alpha value is -2.74. The van der Waals surface area contributed by atoms with Crippen molar-refractivity contribution >= 4 is 29.0 Å². The summed E-state index contributed by atoms with van der Waals surface area (Å²) in [5.74, 6) is -1.61. The fourth-order valence-electron chi connectivity index (χ4n) is 2.30. The molecule has 138 valence electrons. The zero-order valence-corrected chi connectivity index (χ0v) is 14.3. The maximum absolute atomic E-state index is 13.0. The van der Waals surface area contributed by atoms with Gasteiger partial charge in [-0.2, -0.15) is 0 Å². The summed E-state index contributed by atoms with van der Waals surface area (Å²) in [6, 6.07) is 8.55. The molecule has 0 heterocycles. The minimum absolute atomic E-state index is 0.0148. The van der Waals surface area contributed by atoms with E-state index in [0.29, 0.717) is 0 Å². The third-order valence-corrected chi connectivity index (χ3v) is 3.61. The van der Waals surface area contributed by atoms with Crippen LogP contribution in [0.2, 0.25) is 5.02 Å². The highest BCUT2D eigenvalue weighted by atomic mass is 35.5. The summed E-state index contributed by atoms with van der Waals surface area (Å²) in [4.78, 5) is 11.7. The molecule has 26 heavy (non-hydrogen) atoms. The maximum Gasteiger partial charge on any atom is 0.573 e. The van der Waals surface area contributed by atoms with Gasteiger partial charge in [0.15, 0.2) is 5.75 Å². The molecule has 0 atom stereocenters. The van der Waals surface area contributed by atoms with Gasteiger partial charge in [-0.1, -0.05) is 30.7 Å². The second-order valence-corrected chi connectivity index (χ2v) is 5.67. The molecule has 5 nitrogen and oxygen atoms in total. The van der Waals surface area contributed by atoms with Crippen LogP contribution in [0.5, 0.6) is 5.75 Å². The Bertz CT molecular complexity index is 854. The van der Waals surface area contributed by atoms with Crippen molar-refractivity contribution in [1.29, 1.82) is 5.41 Å². The molecule has 0 saturated heterocycles. The number of ether oxygens (including phenoxy) is 1. The van der Waals surface area contributed by atoms with Gasteiger partial charge in [-0.3, -0.25) is 10.2 Å². The fraction of sp³-hybridized carbons (Fsp3) is 0.176. The van der Waals surface area contributed by atoms with Gasteiger partial charge in [0.05, 0.1) is 5.69 Å². The van der Waals surface area contributed by atoms with Crippen LogP contribution in [-0.2, 0) is 4.79 Å². The van der Waals surface area contributed by atoms with Crippen molar-refractivity contribution in [2.75, 3.05) is 5.32 Å². The molecule has 2 aromatic carbocycles. The number of benzene rings is 2. The van der Waals surface area contributed by atoms with Crippen molar-refractivity contribution in [2.24, 2.45) is 5.73 Å². The van der Waals surface area contributed by atoms with Crippen LogP contribution in [0.3, 0.4) is 0 Å². The van der Waals surface area contributed by atoms with Crippen LogP contribution in [0.1, 0.15) is 18.9 Å². The molecule has 1 amide bonds. The summed E-state index contributed by atoms with van der Waals surface area (Å²) in [7, 11) is 0. The molecule has 0 aliphatic heterocycles. The number of nitrogens with one attached hydrogen (secondary N) is 2. The van der Waals surface area contributed by atoms with Gasteiger partial charge in [-0.25, -0.2) is 0 Å². The number of carbonyl (C=O) groups excluding carboxylic acids is 1. The van der Waals surface area contributed by atoms with Gasteiger partial charge in [0, 0.05) is 22.6 Å². The van der Waals surface area contributed by atoms with Crippen LogP contribution in [0, 0.1) is 5.41 Å². The Kier molecular flexibility index (Phi) is 5.76. The highest BCUT2D eigenvalue weighted by molar-refractivity contribution is 6.31. The lowest BCUT2D eigenvalue weighted by atomic mass is 9.96. The largest absolute Gasteiger partial charge is 0.573 e. The average molecular weight is 386 g/mol. The number of hydrogen-bond acceptors (Lipinski definition) is 3. The van der Waals surface area contributed by atoms with Gasteiger partial charge < -0.3 is 15.8 Å². The SMILES string of the molecule is CCC(=O)Nc1ccc(C(=N)N)c(-c2cccc(Cl)c2)c1OC(F)(F)F. The van der Waals surface area contributed by atoms with Crippen molar-refractivity contribution in [3.8, 4) is 16.9 Å². The number of nitrogens with two attached hydrogens (primary N) is 1. The molecule has 0 bridgehead atoms. The van der Waals surface area contributed by atoms with Gasteiger partial charge in [0.25, 0.3) is 0 Å². The smallest absolute Gasteiger partial charge is 0.403 e. The van der Waals surface area contributed by atoms with Crippen LogP contribution in [0.15, 0.2) is 36.4 Å². The number of halogens is 4. The third kappa shape index (κ3) is 4.66. The Morgan fingerprint density at radius 1 is 1.31 bits per heavy atom. The number of nitrogen functional groups attached to an aromatic ring is 1. The summed E-state index contributed by atoms with van der Waals surface area (Å²) < 4.78 is 43.2. The van der Waals surface area contributed by atoms with Crippen LogP contribution in [0.25, 0.3) is 11.1 Å². The molecule has 0 fully saturated rings. The summed E-state index contributed by atoms with van der Waals surface area (Å²) in [5, 5.41) is 10.3. The summed E-state index contributed by atoms with van der Waals surface area (Å²) in [5.41, 5.74) is 5.52. The molecule has 2 aromatic rings. The van der Waals surface area contributed by atoms with E-state index in [9.17, 15) is 18.0 Å². The first-order valence-corrected chi connectivity index (χ1v) is 7.83. The number of hydrogen-bond donors (Lipinski definition) is 3. The predicted molar refractivity (Wildman–Crippen MR) is 93.5 cm³/mol. The van der Waals surface area contributed by atoms with Crippen LogP contribution < -0.4 is 15.8 Å². The summed E-state index contributed by atoms with van der Waals surface area (Å²) in [6.07, 6.45) is -4.96.